The molecule has 1 aliphatic rings. The van der Waals surface area contributed by atoms with E-state index in [4.69, 9.17) is 4.74 Å². The molecule has 0 aromatic heterocycles. The highest BCUT2D eigenvalue weighted by Gasteiger charge is 2.33. The van der Waals surface area contributed by atoms with Gasteiger partial charge < -0.3 is 15.0 Å². The minimum atomic E-state index is -0.605. The van der Waals surface area contributed by atoms with Crippen molar-refractivity contribution in [1.82, 2.24) is 15.1 Å². The molecule has 1 saturated heterocycles. The molecule has 3 rings (SSSR count). The van der Waals surface area contributed by atoms with Gasteiger partial charge in [-0.05, 0) is 49.2 Å². The first-order valence-electron chi connectivity index (χ1n) is 11.6. The SMILES string of the molecule is CCN(CC)C(CNC(=O)C(c1ccccc1)N1CCCCC1=O)c1cccc(OC)c1. The third-order valence-corrected chi connectivity index (χ3v) is 6.24. The predicted molar refractivity (Wildman–Crippen MR) is 126 cm³/mol. The number of hydrogen-bond donors (Lipinski definition) is 1. The van der Waals surface area contributed by atoms with E-state index in [1.165, 1.54) is 0 Å². The molecule has 2 aromatic carbocycles. The molecule has 1 N–H and O–H groups in total. The summed E-state index contributed by atoms with van der Waals surface area (Å²) < 4.78 is 5.41. The number of amides is 2. The number of likely N-dealkylation sites (tertiary alicyclic amines) is 1. The molecule has 0 aliphatic carbocycles. The fourth-order valence-corrected chi connectivity index (χ4v) is 4.47. The van der Waals surface area contributed by atoms with Crippen molar-refractivity contribution < 1.29 is 14.3 Å². The van der Waals surface area contributed by atoms with Gasteiger partial charge in [0.25, 0.3) is 0 Å². The van der Waals surface area contributed by atoms with Gasteiger partial charge in [-0.25, -0.2) is 0 Å². The van der Waals surface area contributed by atoms with Crippen molar-refractivity contribution in [3.05, 3.63) is 65.7 Å². The molecule has 0 bridgehead atoms. The molecule has 6 nitrogen and oxygen atoms in total. The largest absolute Gasteiger partial charge is 0.497 e. The van der Waals surface area contributed by atoms with Gasteiger partial charge >= 0.3 is 0 Å². The Hall–Kier alpha value is -2.86. The van der Waals surface area contributed by atoms with Crippen LogP contribution in [0.2, 0.25) is 0 Å². The first-order chi connectivity index (χ1) is 15.6. The Kier molecular flexibility index (Phi) is 8.68. The summed E-state index contributed by atoms with van der Waals surface area (Å²) >= 11 is 0. The summed E-state index contributed by atoms with van der Waals surface area (Å²) in [7, 11) is 1.66. The average molecular weight is 438 g/mol. The first kappa shape index (κ1) is 23.8. The number of ether oxygens (including phenoxy) is 1. The van der Waals surface area contributed by atoms with Gasteiger partial charge in [-0.2, -0.15) is 0 Å². The van der Waals surface area contributed by atoms with Gasteiger partial charge in [0.05, 0.1) is 13.2 Å². The van der Waals surface area contributed by atoms with Crippen molar-refractivity contribution in [1.29, 1.82) is 0 Å². The lowest BCUT2D eigenvalue weighted by atomic mass is 9.99. The molecule has 2 atom stereocenters. The molecule has 2 unspecified atom stereocenters. The average Bonchev–Trinajstić information content (AvgIpc) is 2.84. The molecule has 2 amide bonds. The van der Waals surface area contributed by atoms with Crippen molar-refractivity contribution in [2.45, 2.75) is 45.2 Å². The summed E-state index contributed by atoms with van der Waals surface area (Å²) in [6.07, 6.45) is 2.31. The zero-order chi connectivity index (χ0) is 22.9. The molecular weight excluding hydrogens is 402 g/mol. The van der Waals surface area contributed by atoms with E-state index < -0.39 is 6.04 Å². The van der Waals surface area contributed by atoms with Gasteiger partial charge in [0.2, 0.25) is 11.8 Å². The van der Waals surface area contributed by atoms with Crippen molar-refractivity contribution in [3.8, 4) is 5.75 Å². The normalized spacial score (nSPS) is 16.0. The lowest BCUT2D eigenvalue weighted by Gasteiger charge is -2.35. The van der Waals surface area contributed by atoms with E-state index in [1.807, 2.05) is 48.5 Å². The number of carbonyl (C=O) groups is 2. The zero-order valence-corrected chi connectivity index (χ0v) is 19.4. The fraction of sp³-hybridized carbons (Fsp3) is 0.462. The number of benzene rings is 2. The predicted octanol–water partition coefficient (Wildman–Crippen LogP) is 3.95. The van der Waals surface area contributed by atoms with Crippen LogP contribution in [0.5, 0.6) is 5.75 Å². The molecule has 1 heterocycles. The Morgan fingerprint density at radius 1 is 1.06 bits per heavy atom. The molecule has 1 aliphatic heterocycles. The lowest BCUT2D eigenvalue weighted by Crippen LogP contribution is -2.47. The molecule has 172 valence electrons. The van der Waals surface area contributed by atoms with Gasteiger partial charge in [-0.1, -0.05) is 56.3 Å². The summed E-state index contributed by atoms with van der Waals surface area (Å²) in [6.45, 7) is 7.04. The highest BCUT2D eigenvalue weighted by molar-refractivity contribution is 5.89. The van der Waals surface area contributed by atoms with Crippen LogP contribution in [0.1, 0.15) is 56.3 Å². The van der Waals surface area contributed by atoms with Crippen LogP contribution in [0.15, 0.2) is 54.6 Å². The van der Waals surface area contributed by atoms with Crippen LogP contribution in [-0.2, 0) is 9.59 Å². The number of rotatable bonds is 10. The van der Waals surface area contributed by atoms with Crippen LogP contribution in [-0.4, -0.2) is 54.9 Å². The van der Waals surface area contributed by atoms with E-state index in [1.54, 1.807) is 12.0 Å². The van der Waals surface area contributed by atoms with E-state index in [-0.39, 0.29) is 17.9 Å². The first-order valence-corrected chi connectivity index (χ1v) is 11.6. The van der Waals surface area contributed by atoms with Gasteiger partial charge in [0.1, 0.15) is 11.8 Å². The topological polar surface area (TPSA) is 61.9 Å². The molecule has 0 spiro atoms. The quantitative estimate of drug-likeness (QED) is 0.611. The highest BCUT2D eigenvalue weighted by atomic mass is 16.5. The van der Waals surface area contributed by atoms with Crippen molar-refractivity contribution in [3.63, 3.8) is 0 Å². The highest BCUT2D eigenvalue weighted by Crippen LogP contribution is 2.27. The van der Waals surface area contributed by atoms with Crippen LogP contribution in [0.4, 0.5) is 0 Å². The molecule has 6 heteroatoms. The second kappa shape index (κ2) is 11.7. The van der Waals surface area contributed by atoms with Crippen LogP contribution in [0, 0.1) is 0 Å². The van der Waals surface area contributed by atoms with E-state index in [0.717, 1.165) is 42.8 Å². The minimum absolute atomic E-state index is 0.0116. The van der Waals surface area contributed by atoms with E-state index in [0.29, 0.717) is 19.5 Å². The Balaban J connectivity index is 1.83. The number of nitrogens with zero attached hydrogens (tertiary/aromatic N) is 2. The fourth-order valence-electron chi connectivity index (χ4n) is 4.47. The van der Waals surface area contributed by atoms with Gasteiger partial charge in [0.15, 0.2) is 0 Å². The number of carbonyl (C=O) groups excluding carboxylic acids is 2. The Morgan fingerprint density at radius 2 is 1.78 bits per heavy atom. The number of likely N-dealkylation sites (N-methyl/N-ethyl adjacent to an activating group) is 1. The summed E-state index contributed by atoms with van der Waals surface area (Å²) in [5.74, 6) is 0.715. The van der Waals surface area contributed by atoms with E-state index in [2.05, 4.69) is 30.1 Å². The Labute approximate surface area is 191 Å². The summed E-state index contributed by atoms with van der Waals surface area (Å²) in [4.78, 5) is 30.2. The van der Waals surface area contributed by atoms with Crippen LogP contribution < -0.4 is 10.1 Å². The smallest absolute Gasteiger partial charge is 0.247 e. The van der Waals surface area contributed by atoms with Crippen LogP contribution >= 0.6 is 0 Å². The molecular formula is C26H35N3O3. The maximum Gasteiger partial charge on any atom is 0.247 e. The Bertz CT molecular complexity index is 883. The van der Waals surface area contributed by atoms with Gasteiger partial charge in [0, 0.05) is 19.5 Å². The van der Waals surface area contributed by atoms with E-state index >= 15 is 0 Å². The summed E-state index contributed by atoms with van der Waals surface area (Å²) in [5.41, 5.74) is 1.94. The molecule has 1 fully saturated rings. The number of methoxy groups -OCH3 is 1. The number of nitrogens with one attached hydrogen (secondary N) is 1. The molecule has 2 aromatic rings. The Morgan fingerprint density at radius 3 is 2.44 bits per heavy atom. The van der Waals surface area contributed by atoms with Crippen LogP contribution in [0.3, 0.4) is 0 Å². The standard InChI is InChI=1S/C26H35N3O3/c1-4-28(5-2)23(21-14-11-15-22(18-21)32-3)19-27-26(31)25(20-12-7-6-8-13-20)29-17-10-9-16-24(29)30/h6-8,11-15,18,23,25H,4-5,9-10,16-17,19H2,1-3H3,(H,27,31). The second-order valence-corrected chi connectivity index (χ2v) is 8.12. The van der Waals surface area contributed by atoms with Crippen molar-refractivity contribution in [2.24, 2.45) is 0 Å². The molecule has 32 heavy (non-hydrogen) atoms. The maximum absolute atomic E-state index is 13.5. The zero-order valence-electron chi connectivity index (χ0n) is 19.4. The minimum Gasteiger partial charge on any atom is -0.497 e. The van der Waals surface area contributed by atoms with Crippen LogP contribution in [0.25, 0.3) is 0 Å². The number of hydrogen-bond acceptors (Lipinski definition) is 4. The monoisotopic (exact) mass is 437 g/mol. The van der Waals surface area contributed by atoms with E-state index in [9.17, 15) is 9.59 Å². The summed E-state index contributed by atoms with van der Waals surface area (Å²) in [6, 6.07) is 17.0. The van der Waals surface area contributed by atoms with Crippen molar-refractivity contribution >= 4 is 11.8 Å². The van der Waals surface area contributed by atoms with Crippen molar-refractivity contribution in [2.75, 3.05) is 33.3 Å². The van der Waals surface area contributed by atoms with Gasteiger partial charge in [-0.15, -0.1) is 0 Å². The molecule has 0 radical (unpaired) electrons. The summed E-state index contributed by atoms with van der Waals surface area (Å²) in [5, 5.41) is 3.17. The maximum atomic E-state index is 13.5. The number of piperidine rings is 1. The third kappa shape index (κ3) is 5.68. The third-order valence-electron chi connectivity index (χ3n) is 6.24. The molecule has 0 saturated carbocycles. The second-order valence-electron chi connectivity index (χ2n) is 8.12. The lowest BCUT2D eigenvalue weighted by molar-refractivity contribution is -0.142. The van der Waals surface area contributed by atoms with Gasteiger partial charge in [-0.3, -0.25) is 14.5 Å².